The molecule has 0 bridgehead atoms. The molecule has 0 saturated carbocycles. The van der Waals surface area contributed by atoms with Gasteiger partial charge in [-0.1, -0.05) is 58.3 Å². The Morgan fingerprint density at radius 1 is 0.722 bits per heavy atom. The second-order valence-corrected chi connectivity index (χ2v) is 5.32. The van der Waals surface area contributed by atoms with E-state index in [9.17, 15) is 10.2 Å². The van der Waals surface area contributed by atoms with Gasteiger partial charge in [0.1, 0.15) is 0 Å². The lowest BCUT2D eigenvalue weighted by Crippen LogP contribution is -2.18. The molecular weight excluding hydrogens is 228 g/mol. The summed E-state index contributed by atoms with van der Waals surface area (Å²) < 4.78 is 0. The normalized spacial score (nSPS) is 14.7. The first-order chi connectivity index (χ1) is 8.70. The first-order valence-corrected chi connectivity index (χ1v) is 7.67. The Labute approximate surface area is 112 Å². The van der Waals surface area contributed by atoms with Crippen LogP contribution in [-0.2, 0) is 0 Å². The maximum Gasteiger partial charge on any atom is 0.0586 e. The number of unbranched alkanes of at least 4 members (excludes halogenated alkanes) is 7. The molecule has 2 atom stereocenters. The molecule has 3 heteroatoms. The molecule has 0 heterocycles. The van der Waals surface area contributed by atoms with Gasteiger partial charge in [0.25, 0.3) is 0 Å². The maximum atomic E-state index is 9.68. The Morgan fingerprint density at radius 3 is 1.78 bits per heavy atom. The van der Waals surface area contributed by atoms with Crippen molar-refractivity contribution in [3.8, 4) is 0 Å². The zero-order valence-electron chi connectivity index (χ0n) is 12.0. The highest BCUT2D eigenvalue weighted by molar-refractivity contribution is 4.63. The molecule has 0 fully saturated rings. The van der Waals surface area contributed by atoms with Gasteiger partial charge in [-0.3, -0.25) is 0 Å². The van der Waals surface area contributed by atoms with Crippen molar-refractivity contribution < 1.29 is 15.3 Å². The fourth-order valence-corrected chi connectivity index (χ4v) is 2.21. The largest absolute Gasteiger partial charge is 0.396 e. The number of hydrogen-bond donors (Lipinski definition) is 3. The van der Waals surface area contributed by atoms with Gasteiger partial charge in [-0.05, 0) is 19.3 Å². The van der Waals surface area contributed by atoms with Crippen LogP contribution in [-0.4, -0.2) is 34.1 Å². The molecule has 2 unspecified atom stereocenters. The van der Waals surface area contributed by atoms with Crippen LogP contribution in [0.4, 0.5) is 0 Å². The quantitative estimate of drug-likeness (QED) is 0.446. The van der Waals surface area contributed by atoms with E-state index >= 15 is 0 Å². The second-order valence-electron chi connectivity index (χ2n) is 5.32. The molecule has 3 N–H and O–H groups in total. The average Bonchev–Trinajstić information content (AvgIpc) is 2.32. The summed E-state index contributed by atoms with van der Waals surface area (Å²) in [5.74, 6) is 0. The first kappa shape index (κ1) is 17.9. The molecule has 0 radical (unpaired) electrons. The van der Waals surface area contributed by atoms with Gasteiger partial charge in [0, 0.05) is 6.61 Å². The lowest BCUT2D eigenvalue weighted by atomic mass is 10.0. The highest BCUT2D eigenvalue weighted by Gasteiger charge is 2.10. The van der Waals surface area contributed by atoms with Gasteiger partial charge in [-0.25, -0.2) is 0 Å². The summed E-state index contributed by atoms with van der Waals surface area (Å²) in [5.41, 5.74) is 0. The molecule has 0 aromatic heterocycles. The summed E-state index contributed by atoms with van der Waals surface area (Å²) in [4.78, 5) is 0. The number of aliphatic hydroxyl groups excluding tert-OH is 3. The van der Waals surface area contributed by atoms with Gasteiger partial charge in [0.15, 0.2) is 0 Å². The molecule has 18 heavy (non-hydrogen) atoms. The first-order valence-electron chi connectivity index (χ1n) is 7.67. The highest BCUT2D eigenvalue weighted by atomic mass is 16.3. The van der Waals surface area contributed by atoms with Crippen LogP contribution in [0, 0.1) is 0 Å². The van der Waals surface area contributed by atoms with Gasteiger partial charge >= 0.3 is 0 Å². The van der Waals surface area contributed by atoms with Crippen LogP contribution >= 0.6 is 0 Å². The zero-order chi connectivity index (χ0) is 13.6. The van der Waals surface area contributed by atoms with E-state index in [0.29, 0.717) is 12.8 Å². The van der Waals surface area contributed by atoms with E-state index in [1.165, 1.54) is 44.9 Å². The van der Waals surface area contributed by atoms with Crippen molar-refractivity contribution in [3.63, 3.8) is 0 Å². The Bertz CT molecular complexity index is 162. The Kier molecular flexibility index (Phi) is 13.2. The predicted molar refractivity (Wildman–Crippen MR) is 75.6 cm³/mol. The minimum absolute atomic E-state index is 0.00829. The Balaban J connectivity index is 3.22. The standard InChI is InChI=1S/C15H32O3/c1-2-3-4-5-6-7-8-9-10-14(17)13-15(18)11-12-16/h14-18H,2-13H2,1H3. The summed E-state index contributed by atoms with van der Waals surface area (Å²) in [7, 11) is 0. The molecule has 3 nitrogen and oxygen atoms in total. The molecule has 0 aliphatic carbocycles. The monoisotopic (exact) mass is 260 g/mol. The molecule has 0 aliphatic rings. The fourth-order valence-electron chi connectivity index (χ4n) is 2.21. The fraction of sp³-hybridized carbons (Fsp3) is 1.00. The third-order valence-corrected chi connectivity index (χ3v) is 3.40. The van der Waals surface area contributed by atoms with Crippen molar-refractivity contribution in [2.45, 2.75) is 89.8 Å². The Morgan fingerprint density at radius 2 is 1.22 bits per heavy atom. The number of rotatable bonds is 13. The molecule has 0 saturated heterocycles. The smallest absolute Gasteiger partial charge is 0.0586 e. The van der Waals surface area contributed by atoms with Gasteiger partial charge in [0.2, 0.25) is 0 Å². The molecule has 0 aromatic carbocycles. The highest BCUT2D eigenvalue weighted by Crippen LogP contribution is 2.13. The average molecular weight is 260 g/mol. The predicted octanol–water partition coefficient (Wildman–Crippen LogP) is 3.01. The second kappa shape index (κ2) is 13.3. The lowest BCUT2D eigenvalue weighted by Gasteiger charge is -2.14. The summed E-state index contributed by atoms with van der Waals surface area (Å²) >= 11 is 0. The molecule has 0 amide bonds. The van der Waals surface area contributed by atoms with Crippen LogP contribution < -0.4 is 0 Å². The van der Waals surface area contributed by atoms with Crippen LogP contribution in [0.1, 0.15) is 77.6 Å². The van der Waals surface area contributed by atoms with Crippen molar-refractivity contribution in [3.05, 3.63) is 0 Å². The molecular formula is C15H32O3. The Hall–Kier alpha value is -0.120. The number of hydrogen-bond acceptors (Lipinski definition) is 3. The zero-order valence-corrected chi connectivity index (χ0v) is 12.0. The van der Waals surface area contributed by atoms with Crippen molar-refractivity contribution in [2.75, 3.05) is 6.61 Å². The van der Waals surface area contributed by atoms with Crippen LogP contribution in [0.25, 0.3) is 0 Å². The SMILES string of the molecule is CCCCCCCCCCC(O)CC(O)CCO. The van der Waals surface area contributed by atoms with Gasteiger partial charge < -0.3 is 15.3 Å². The van der Waals surface area contributed by atoms with Gasteiger partial charge in [-0.15, -0.1) is 0 Å². The van der Waals surface area contributed by atoms with Crippen LogP contribution in [0.3, 0.4) is 0 Å². The van der Waals surface area contributed by atoms with E-state index in [1.54, 1.807) is 0 Å². The topological polar surface area (TPSA) is 60.7 Å². The minimum Gasteiger partial charge on any atom is -0.396 e. The third-order valence-electron chi connectivity index (χ3n) is 3.40. The summed E-state index contributed by atoms with van der Waals surface area (Å²) in [5, 5.41) is 27.7. The van der Waals surface area contributed by atoms with Crippen LogP contribution in [0.2, 0.25) is 0 Å². The summed E-state index contributed by atoms with van der Waals surface area (Å²) in [6, 6.07) is 0. The summed E-state index contributed by atoms with van der Waals surface area (Å²) in [6.45, 7) is 2.22. The van der Waals surface area contributed by atoms with Gasteiger partial charge in [0.05, 0.1) is 12.2 Å². The molecule has 0 spiro atoms. The van der Waals surface area contributed by atoms with E-state index in [2.05, 4.69) is 6.92 Å². The lowest BCUT2D eigenvalue weighted by molar-refractivity contribution is 0.0591. The van der Waals surface area contributed by atoms with Crippen molar-refractivity contribution in [1.82, 2.24) is 0 Å². The number of aliphatic hydroxyl groups is 3. The van der Waals surface area contributed by atoms with E-state index in [-0.39, 0.29) is 6.61 Å². The maximum absolute atomic E-state index is 9.68. The third kappa shape index (κ3) is 12.3. The van der Waals surface area contributed by atoms with E-state index in [4.69, 9.17) is 5.11 Å². The van der Waals surface area contributed by atoms with E-state index < -0.39 is 12.2 Å². The van der Waals surface area contributed by atoms with Crippen molar-refractivity contribution in [2.24, 2.45) is 0 Å². The van der Waals surface area contributed by atoms with Gasteiger partial charge in [-0.2, -0.15) is 0 Å². The minimum atomic E-state index is -0.556. The molecule has 110 valence electrons. The van der Waals surface area contributed by atoms with Crippen molar-refractivity contribution >= 4 is 0 Å². The molecule has 0 aliphatic heterocycles. The van der Waals surface area contributed by atoms with Crippen LogP contribution in [0.5, 0.6) is 0 Å². The summed E-state index contributed by atoms with van der Waals surface area (Å²) in [6.07, 6.45) is 10.7. The van der Waals surface area contributed by atoms with Crippen molar-refractivity contribution in [1.29, 1.82) is 0 Å². The van der Waals surface area contributed by atoms with E-state index in [1.807, 2.05) is 0 Å². The molecule has 0 rings (SSSR count). The van der Waals surface area contributed by atoms with Crippen LogP contribution in [0.15, 0.2) is 0 Å². The van der Waals surface area contributed by atoms with E-state index in [0.717, 1.165) is 12.8 Å². The molecule has 0 aromatic rings.